The summed E-state index contributed by atoms with van der Waals surface area (Å²) >= 11 is 0. The molecule has 0 aliphatic heterocycles. The molecule has 1 aromatic carbocycles. The lowest BCUT2D eigenvalue weighted by Crippen LogP contribution is -2.04. The number of hydrogen-bond acceptors (Lipinski definition) is 3. The molecule has 0 aliphatic carbocycles. The minimum absolute atomic E-state index is 0.797. The van der Waals surface area contributed by atoms with Crippen LogP contribution in [0.2, 0.25) is 0 Å². The van der Waals surface area contributed by atoms with Gasteiger partial charge in [0.05, 0.1) is 0 Å². The Morgan fingerprint density at radius 3 is 2.26 bits per heavy atom. The Labute approximate surface area is 115 Å². The van der Waals surface area contributed by atoms with Crippen molar-refractivity contribution in [3.63, 3.8) is 0 Å². The predicted octanol–water partition coefficient (Wildman–Crippen LogP) is 3.89. The van der Waals surface area contributed by atoms with Crippen molar-refractivity contribution in [1.29, 1.82) is 0 Å². The summed E-state index contributed by atoms with van der Waals surface area (Å²) < 4.78 is 0. The van der Waals surface area contributed by atoms with E-state index in [2.05, 4.69) is 54.3 Å². The number of aromatic nitrogens is 2. The lowest BCUT2D eigenvalue weighted by Gasteiger charge is -2.09. The van der Waals surface area contributed by atoms with E-state index < -0.39 is 0 Å². The van der Waals surface area contributed by atoms with Gasteiger partial charge in [0.15, 0.2) is 5.82 Å². The number of rotatable bonds is 4. The van der Waals surface area contributed by atoms with E-state index in [4.69, 9.17) is 0 Å². The van der Waals surface area contributed by atoms with E-state index in [1.807, 2.05) is 13.0 Å². The fourth-order valence-electron chi connectivity index (χ4n) is 2.15. The SMILES string of the molecule is CCCNc1cc(C)nc(-c2cc(C)cc(C)c2)n1. The lowest BCUT2D eigenvalue weighted by molar-refractivity contribution is 0.962. The third kappa shape index (κ3) is 3.53. The van der Waals surface area contributed by atoms with Crippen molar-refractivity contribution in [2.75, 3.05) is 11.9 Å². The molecule has 2 aromatic rings. The highest BCUT2D eigenvalue weighted by molar-refractivity contribution is 5.59. The first kappa shape index (κ1) is 13.5. The van der Waals surface area contributed by atoms with Crippen LogP contribution in [0.4, 0.5) is 5.82 Å². The first-order chi connectivity index (χ1) is 9.08. The average molecular weight is 255 g/mol. The number of anilines is 1. The molecule has 1 N–H and O–H groups in total. The van der Waals surface area contributed by atoms with Gasteiger partial charge in [0.2, 0.25) is 0 Å². The Morgan fingerprint density at radius 2 is 1.63 bits per heavy atom. The summed E-state index contributed by atoms with van der Waals surface area (Å²) in [5, 5.41) is 3.32. The summed E-state index contributed by atoms with van der Waals surface area (Å²) in [5.41, 5.74) is 4.55. The summed E-state index contributed by atoms with van der Waals surface area (Å²) in [6.07, 6.45) is 1.09. The van der Waals surface area contributed by atoms with Gasteiger partial charge >= 0.3 is 0 Å². The molecule has 0 saturated heterocycles. The predicted molar refractivity (Wildman–Crippen MR) is 80.5 cm³/mol. The van der Waals surface area contributed by atoms with Crippen LogP contribution in [0.3, 0.4) is 0 Å². The molecular formula is C16H21N3. The maximum absolute atomic E-state index is 4.60. The zero-order chi connectivity index (χ0) is 13.8. The highest BCUT2D eigenvalue weighted by atomic mass is 15.0. The molecule has 3 nitrogen and oxygen atoms in total. The monoisotopic (exact) mass is 255 g/mol. The van der Waals surface area contributed by atoms with Crippen LogP contribution in [-0.2, 0) is 0 Å². The molecular weight excluding hydrogens is 234 g/mol. The summed E-state index contributed by atoms with van der Waals surface area (Å²) in [5.74, 6) is 1.70. The second-order valence-electron chi connectivity index (χ2n) is 5.02. The second kappa shape index (κ2) is 5.83. The minimum Gasteiger partial charge on any atom is -0.370 e. The molecule has 0 unspecified atom stereocenters. The third-order valence-electron chi connectivity index (χ3n) is 2.89. The third-order valence-corrected chi connectivity index (χ3v) is 2.89. The maximum atomic E-state index is 4.60. The average Bonchev–Trinajstić information content (AvgIpc) is 2.34. The van der Waals surface area contributed by atoms with Gasteiger partial charge in [-0.1, -0.05) is 24.1 Å². The minimum atomic E-state index is 0.797. The molecule has 0 atom stereocenters. The van der Waals surface area contributed by atoms with Crippen molar-refractivity contribution >= 4 is 5.82 Å². The quantitative estimate of drug-likeness (QED) is 0.900. The van der Waals surface area contributed by atoms with E-state index in [0.717, 1.165) is 35.9 Å². The maximum Gasteiger partial charge on any atom is 0.161 e. The van der Waals surface area contributed by atoms with E-state index >= 15 is 0 Å². The number of aryl methyl sites for hydroxylation is 3. The Hall–Kier alpha value is -1.90. The zero-order valence-electron chi connectivity index (χ0n) is 12.1. The fourth-order valence-corrected chi connectivity index (χ4v) is 2.15. The molecule has 0 spiro atoms. The van der Waals surface area contributed by atoms with Gasteiger partial charge in [0.25, 0.3) is 0 Å². The number of hydrogen-bond donors (Lipinski definition) is 1. The van der Waals surface area contributed by atoms with E-state index in [1.54, 1.807) is 0 Å². The van der Waals surface area contributed by atoms with Crippen LogP contribution in [0.5, 0.6) is 0 Å². The fraction of sp³-hybridized carbons (Fsp3) is 0.375. The van der Waals surface area contributed by atoms with Crippen LogP contribution in [0.15, 0.2) is 24.3 Å². The normalized spacial score (nSPS) is 10.5. The molecule has 0 radical (unpaired) electrons. The van der Waals surface area contributed by atoms with Crippen LogP contribution in [0, 0.1) is 20.8 Å². The van der Waals surface area contributed by atoms with Crippen molar-refractivity contribution in [1.82, 2.24) is 9.97 Å². The lowest BCUT2D eigenvalue weighted by atomic mass is 10.1. The highest BCUT2D eigenvalue weighted by Gasteiger charge is 2.06. The molecule has 19 heavy (non-hydrogen) atoms. The van der Waals surface area contributed by atoms with Gasteiger partial charge in [-0.15, -0.1) is 0 Å². The van der Waals surface area contributed by atoms with Crippen LogP contribution < -0.4 is 5.32 Å². The van der Waals surface area contributed by atoms with Crippen LogP contribution >= 0.6 is 0 Å². The van der Waals surface area contributed by atoms with Crippen molar-refractivity contribution in [2.24, 2.45) is 0 Å². The molecule has 0 bridgehead atoms. The van der Waals surface area contributed by atoms with Gasteiger partial charge < -0.3 is 5.32 Å². The van der Waals surface area contributed by atoms with E-state index in [9.17, 15) is 0 Å². The smallest absolute Gasteiger partial charge is 0.161 e. The summed E-state index contributed by atoms with van der Waals surface area (Å²) in [6, 6.07) is 8.41. The van der Waals surface area contributed by atoms with Crippen molar-refractivity contribution in [3.05, 3.63) is 41.1 Å². The molecule has 1 aromatic heterocycles. The van der Waals surface area contributed by atoms with E-state index in [1.165, 1.54) is 11.1 Å². The first-order valence-corrected chi connectivity index (χ1v) is 6.76. The Kier molecular flexibility index (Phi) is 4.15. The molecule has 3 heteroatoms. The number of nitrogens with one attached hydrogen (secondary N) is 1. The van der Waals surface area contributed by atoms with Gasteiger partial charge in [-0.3, -0.25) is 0 Å². The standard InChI is InChI=1S/C16H21N3/c1-5-6-17-15-10-13(4)18-16(19-15)14-8-11(2)7-12(3)9-14/h7-10H,5-6H2,1-4H3,(H,17,18,19). The Balaban J connectivity index is 2.40. The Bertz CT molecular complexity index is 556. The van der Waals surface area contributed by atoms with Crippen molar-refractivity contribution in [2.45, 2.75) is 34.1 Å². The second-order valence-corrected chi connectivity index (χ2v) is 5.02. The zero-order valence-corrected chi connectivity index (χ0v) is 12.1. The summed E-state index contributed by atoms with van der Waals surface area (Å²) in [4.78, 5) is 9.14. The van der Waals surface area contributed by atoms with Crippen LogP contribution in [0.25, 0.3) is 11.4 Å². The van der Waals surface area contributed by atoms with Gasteiger partial charge in [-0.25, -0.2) is 9.97 Å². The van der Waals surface area contributed by atoms with Gasteiger partial charge in [0.1, 0.15) is 5.82 Å². The highest BCUT2D eigenvalue weighted by Crippen LogP contribution is 2.20. The summed E-state index contributed by atoms with van der Waals surface area (Å²) in [6.45, 7) is 9.28. The van der Waals surface area contributed by atoms with E-state index in [-0.39, 0.29) is 0 Å². The molecule has 100 valence electrons. The van der Waals surface area contributed by atoms with Gasteiger partial charge in [-0.05, 0) is 39.3 Å². The first-order valence-electron chi connectivity index (χ1n) is 6.76. The molecule has 0 fully saturated rings. The summed E-state index contributed by atoms with van der Waals surface area (Å²) in [7, 11) is 0. The topological polar surface area (TPSA) is 37.8 Å². The Morgan fingerprint density at radius 1 is 0.947 bits per heavy atom. The molecule has 0 saturated carbocycles. The van der Waals surface area contributed by atoms with E-state index in [0.29, 0.717) is 0 Å². The molecule has 1 heterocycles. The van der Waals surface area contributed by atoms with Crippen molar-refractivity contribution in [3.8, 4) is 11.4 Å². The number of benzene rings is 1. The van der Waals surface area contributed by atoms with Crippen LogP contribution in [0.1, 0.15) is 30.2 Å². The van der Waals surface area contributed by atoms with Crippen molar-refractivity contribution < 1.29 is 0 Å². The number of nitrogens with zero attached hydrogens (tertiary/aromatic N) is 2. The molecule has 0 aliphatic rings. The van der Waals surface area contributed by atoms with Crippen LogP contribution in [-0.4, -0.2) is 16.5 Å². The molecule has 2 rings (SSSR count). The largest absolute Gasteiger partial charge is 0.370 e. The van der Waals surface area contributed by atoms with Gasteiger partial charge in [0, 0.05) is 23.9 Å². The van der Waals surface area contributed by atoms with Gasteiger partial charge in [-0.2, -0.15) is 0 Å². The molecule has 0 amide bonds.